The first-order valence-electron chi connectivity index (χ1n) is 4.28. The van der Waals surface area contributed by atoms with E-state index < -0.39 is 12.8 Å². The van der Waals surface area contributed by atoms with Gasteiger partial charge in [0.2, 0.25) is 0 Å². The lowest BCUT2D eigenvalue weighted by Gasteiger charge is -2.09. The summed E-state index contributed by atoms with van der Waals surface area (Å²) in [6, 6.07) is 4.85. The minimum atomic E-state index is -4.37. The zero-order valence-electron chi connectivity index (χ0n) is 8.01. The number of nitrogens with one attached hydrogen (secondary N) is 1. The van der Waals surface area contributed by atoms with Gasteiger partial charge < -0.3 is 5.11 Å². The van der Waals surface area contributed by atoms with Crippen LogP contribution in [0.3, 0.4) is 0 Å². The predicted octanol–water partition coefficient (Wildman–Crippen LogP) is 2.74. The fourth-order valence-electron chi connectivity index (χ4n) is 0.964. The summed E-state index contributed by atoms with van der Waals surface area (Å²) in [4.78, 5) is 4.20. The van der Waals surface area contributed by atoms with Crippen molar-refractivity contribution in [1.82, 2.24) is 5.48 Å². The van der Waals surface area contributed by atoms with Gasteiger partial charge in [-0.2, -0.15) is 18.7 Å². The van der Waals surface area contributed by atoms with E-state index >= 15 is 0 Å². The average Bonchev–Trinajstić information content (AvgIpc) is 2.17. The van der Waals surface area contributed by atoms with E-state index in [1.165, 1.54) is 0 Å². The molecule has 0 aliphatic carbocycles. The fourth-order valence-corrected chi connectivity index (χ4v) is 1.37. The zero-order chi connectivity index (χ0) is 12.2. The van der Waals surface area contributed by atoms with Gasteiger partial charge in [0.1, 0.15) is 5.75 Å². The third-order valence-electron chi connectivity index (χ3n) is 1.67. The smallest absolute Gasteiger partial charge is 0.413 e. The van der Waals surface area contributed by atoms with Gasteiger partial charge in [-0.05, 0) is 22.0 Å². The molecule has 0 unspecified atom stereocenters. The van der Waals surface area contributed by atoms with E-state index in [9.17, 15) is 18.3 Å². The minimum absolute atomic E-state index is 0.0125. The largest absolute Gasteiger partial charge is 0.506 e. The molecule has 0 bridgehead atoms. The summed E-state index contributed by atoms with van der Waals surface area (Å²) < 4.78 is 35.6. The molecule has 0 aliphatic heterocycles. The van der Waals surface area contributed by atoms with E-state index in [0.29, 0.717) is 10.0 Å². The molecule has 0 heterocycles. The van der Waals surface area contributed by atoms with E-state index in [0.717, 1.165) is 0 Å². The molecule has 1 aromatic rings. The summed E-state index contributed by atoms with van der Waals surface area (Å²) in [5.74, 6) is -0.0226. The number of aromatic hydroxyl groups is 1. The number of phenolic OH excluding ortho intramolecular Hbond substituents is 1. The van der Waals surface area contributed by atoms with E-state index in [-0.39, 0.29) is 12.3 Å². The van der Waals surface area contributed by atoms with Crippen LogP contribution in [0.15, 0.2) is 22.7 Å². The van der Waals surface area contributed by atoms with Gasteiger partial charge in [-0.15, -0.1) is 0 Å². The van der Waals surface area contributed by atoms with Gasteiger partial charge in [-0.1, -0.05) is 12.1 Å². The fraction of sp³-hybridized carbons (Fsp3) is 0.333. The number of hydrogen-bond acceptors (Lipinski definition) is 3. The average molecular weight is 300 g/mol. The van der Waals surface area contributed by atoms with Gasteiger partial charge in [0.05, 0.1) is 4.47 Å². The molecule has 0 spiro atoms. The zero-order valence-corrected chi connectivity index (χ0v) is 9.60. The summed E-state index contributed by atoms with van der Waals surface area (Å²) in [6.07, 6.45) is -4.37. The highest BCUT2D eigenvalue weighted by atomic mass is 79.9. The van der Waals surface area contributed by atoms with Crippen molar-refractivity contribution in [2.75, 3.05) is 6.61 Å². The first-order chi connectivity index (χ1) is 7.40. The van der Waals surface area contributed by atoms with Gasteiger partial charge in [0.15, 0.2) is 6.61 Å². The van der Waals surface area contributed by atoms with Gasteiger partial charge >= 0.3 is 6.18 Å². The highest BCUT2D eigenvalue weighted by molar-refractivity contribution is 9.10. The van der Waals surface area contributed by atoms with Crippen LogP contribution in [-0.2, 0) is 11.4 Å². The first kappa shape index (κ1) is 13.3. The van der Waals surface area contributed by atoms with Gasteiger partial charge in [0, 0.05) is 12.1 Å². The van der Waals surface area contributed by atoms with Crippen molar-refractivity contribution in [1.29, 1.82) is 0 Å². The minimum Gasteiger partial charge on any atom is -0.506 e. The lowest BCUT2D eigenvalue weighted by molar-refractivity contribution is -0.190. The SMILES string of the molecule is Oc1c(Br)cccc1CNOCC(F)(F)F. The Labute approximate surface area is 98.3 Å². The van der Waals surface area contributed by atoms with E-state index in [1.54, 1.807) is 18.2 Å². The molecule has 0 saturated carbocycles. The van der Waals surface area contributed by atoms with Gasteiger partial charge in [0.25, 0.3) is 0 Å². The Morgan fingerprint density at radius 1 is 1.38 bits per heavy atom. The molecule has 16 heavy (non-hydrogen) atoms. The van der Waals surface area contributed by atoms with E-state index in [1.807, 2.05) is 0 Å². The standard InChI is InChI=1S/C9H9BrF3NO2/c10-7-3-1-2-6(8(7)15)4-14-16-5-9(11,12)13/h1-3,14-15H,4-5H2. The maximum atomic E-state index is 11.7. The summed E-state index contributed by atoms with van der Waals surface area (Å²) in [7, 11) is 0. The van der Waals surface area contributed by atoms with Crippen molar-refractivity contribution in [3.63, 3.8) is 0 Å². The number of alkyl halides is 3. The van der Waals surface area contributed by atoms with Crippen molar-refractivity contribution < 1.29 is 23.1 Å². The number of hydrogen-bond donors (Lipinski definition) is 2. The van der Waals surface area contributed by atoms with Crippen LogP contribution >= 0.6 is 15.9 Å². The molecule has 1 rings (SSSR count). The third kappa shape index (κ3) is 4.38. The first-order valence-corrected chi connectivity index (χ1v) is 5.07. The van der Waals surface area contributed by atoms with Crippen LogP contribution in [0.2, 0.25) is 0 Å². The molecule has 1 aromatic carbocycles. The molecular weight excluding hydrogens is 291 g/mol. The molecule has 0 radical (unpaired) electrons. The van der Waals surface area contributed by atoms with Crippen molar-refractivity contribution in [3.8, 4) is 5.75 Å². The Morgan fingerprint density at radius 3 is 2.69 bits per heavy atom. The van der Waals surface area contributed by atoms with Crippen LogP contribution in [0.4, 0.5) is 13.2 Å². The summed E-state index contributed by atoms with van der Waals surface area (Å²) in [5, 5.41) is 9.49. The molecule has 0 aromatic heterocycles. The number of rotatable bonds is 4. The van der Waals surface area contributed by atoms with Gasteiger partial charge in [-0.3, -0.25) is 4.84 Å². The second-order valence-corrected chi connectivity index (χ2v) is 3.83. The molecule has 0 aliphatic rings. The molecule has 90 valence electrons. The van der Waals surface area contributed by atoms with Crippen molar-refractivity contribution >= 4 is 15.9 Å². The van der Waals surface area contributed by atoms with Crippen LogP contribution in [0.25, 0.3) is 0 Å². The third-order valence-corrected chi connectivity index (χ3v) is 2.31. The molecule has 0 atom stereocenters. The topological polar surface area (TPSA) is 41.5 Å². The van der Waals surface area contributed by atoms with Crippen LogP contribution in [0, 0.1) is 0 Å². The second kappa shape index (κ2) is 5.51. The van der Waals surface area contributed by atoms with Crippen LogP contribution in [0.5, 0.6) is 5.75 Å². The monoisotopic (exact) mass is 299 g/mol. The molecule has 0 fully saturated rings. The predicted molar refractivity (Wildman–Crippen MR) is 54.7 cm³/mol. The molecule has 2 N–H and O–H groups in total. The van der Waals surface area contributed by atoms with Crippen LogP contribution < -0.4 is 5.48 Å². The highest BCUT2D eigenvalue weighted by Gasteiger charge is 2.27. The summed E-state index contributed by atoms with van der Waals surface area (Å²) in [5.41, 5.74) is 2.57. The van der Waals surface area contributed by atoms with E-state index in [4.69, 9.17) is 0 Å². The summed E-state index contributed by atoms with van der Waals surface area (Å²) >= 11 is 3.09. The Kier molecular flexibility index (Phi) is 4.57. The molecule has 0 saturated heterocycles. The maximum absolute atomic E-state index is 11.7. The Bertz CT molecular complexity index is 357. The Morgan fingerprint density at radius 2 is 2.06 bits per heavy atom. The van der Waals surface area contributed by atoms with Crippen molar-refractivity contribution in [3.05, 3.63) is 28.2 Å². The van der Waals surface area contributed by atoms with Crippen LogP contribution in [-0.4, -0.2) is 17.9 Å². The quantitative estimate of drug-likeness (QED) is 0.663. The van der Waals surface area contributed by atoms with Crippen molar-refractivity contribution in [2.45, 2.75) is 12.7 Å². The maximum Gasteiger partial charge on any atom is 0.413 e. The number of benzene rings is 1. The Balaban J connectivity index is 2.41. The number of halogens is 4. The highest BCUT2D eigenvalue weighted by Crippen LogP contribution is 2.27. The molecule has 3 nitrogen and oxygen atoms in total. The number of hydroxylamine groups is 1. The lowest BCUT2D eigenvalue weighted by atomic mass is 10.2. The molecule has 7 heteroatoms. The lowest BCUT2D eigenvalue weighted by Crippen LogP contribution is -2.24. The number of phenols is 1. The second-order valence-electron chi connectivity index (χ2n) is 2.97. The van der Waals surface area contributed by atoms with E-state index in [2.05, 4.69) is 26.2 Å². The van der Waals surface area contributed by atoms with Crippen LogP contribution in [0.1, 0.15) is 5.56 Å². The summed E-state index contributed by atoms with van der Waals surface area (Å²) in [6.45, 7) is -1.39. The molecular formula is C9H9BrF3NO2. The van der Waals surface area contributed by atoms with Gasteiger partial charge in [-0.25, -0.2) is 0 Å². The normalized spacial score (nSPS) is 11.8. The number of para-hydroxylation sites is 1. The molecule has 0 amide bonds. The Hall–Kier alpha value is -0.790. The van der Waals surface area contributed by atoms with Crippen molar-refractivity contribution in [2.24, 2.45) is 0 Å².